The number of methoxy groups -OCH3 is 1. The maximum atomic E-state index is 11.2. The van der Waals surface area contributed by atoms with Gasteiger partial charge in [0.2, 0.25) is 0 Å². The van der Waals surface area contributed by atoms with Crippen molar-refractivity contribution < 1.29 is 9.53 Å². The second kappa shape index (κ2) is 4.95. The van der Waals surface area contributed by atoms with Crippen LogP contribution in [-0.4, -0.2) is 13.1 Å². The average Bonchev–Trinajstić information content (AvgIpc) is 2.17. The van der Waals surface area contributed by atoms with Crippen molar-refractivity contribution in [3.05, 3.63) is 32.9 Å². The van der Waals surface area contributed by atoms with Gasteiger partial charge in [-0.25, -0.2) is 4.79 Å². The molecule has 2 nitrogen and oxygen atoms in total. The summed E-state index contributed by atoms with van der Waals surface area (Å²) in [5, 5.41) is 0.746. The van der Waals surface area contributed by atoms with Crippen molar-refractivity contribution in [3.63, 3.8) is 0 Å². The smallest absolute Gasteiger partial charge is 0.337 e. The topological polar surface area (TPSA) is 26.3 Å². The summed E-state index contributed by atoms with van der Waals surface area (Å²) in [7, 11) is 1.38. The second-order valence-corrected chi connectivity index (χ2v) is 4.15. The van der Waals surface area contributed by atoms with Gasteiger partial charge in [-0.2, -0.15) is 0 Å². The molecule has 0 aliphatic rings. The van der Waals surface area contributed by atoms with Crippen LogP contribution in [-0.2, 0) is 10.1 Å². The zero-order valence-corrected chi connectivity index (χ0v) is 10.8. The molecule has 13 heavy (non-hydrogen) atoms. The predicted octanol–water partition coefficient (Wildman–Crippen LogP) is 2.97. The van der Waals surface area contributed by atoms with Crippen LogP contribution in [0.15, 0.2) is 18.2 Å². The lowest BCUT2D eigenvalue weighted by atomic mass is 10.1. The Morgan fingerprint density at radius 2 is 2.31 bits per heavy atom. The molecule has 70 valence electrons. The number of carbonyl (C=O) groups excluding carboxylic acids is 1. The molecule has 1 rings (SSSR count). The van der Waals surface area contributed by atoms with E-state index in [1.54, 1.807) is 6.07 Å². The Bertz CT molecular complexity index is 325. The first-order valence-electron chi connectivity index (χ1n) is 3.61. The fraction of sp³-hybridized carbons (Fsp3) is 0.222. The molecule has 0 radical (unpaired) electrons. The Hall–Kier alpha value is -0.100. The number of esters is 1. The molecule has 0 bridgehead atoms. The minimum Gasteiger partial charge on any atom is -0.465 e. The molecule has 0 saturated heterocycles. The Morgan fingerprint density at radius 3 is 2.85 bits per heavy atom. The van der Waals surface area contributed by atoms with Gasteiger partial charge < -0.3 is 4.74 Å². The molecule has 0 fully saturated rings. The standard InChI is InChI=1S/C9H8BrIO2/c1-13-9(12)6-2-3-8(11)7(4-6)5-10/h2-4H,5H2,1H3. The highest BCUT2D eigenvalue weighted by Crippen LogP contribution is 2.17. The molecule has 0 aromatic heterocycles. The first kappa shape index (κ1) is 11.0. The number of carbonyl (C=O) groups is 1. The molecule has 1 aromatic carbocycles. The number of rotatable bonds is 2. The third-order valence-electron chi connectivity index (χ3n) is 1.61. The molecule has 0 atom stereocenters. The van der Waals surface area contributed by atoms with Crippen molar-refractivity contribution in [2.45, 2.75) is 5.33 Å². The zero-order valence-electron chi connectivity index (χ0n) is 7.01. The van der Waals surface area contributed by atoms with Crippen molar-refractivity contribution >= 4 is 44.5 Å². The summed E-state index contributed by atoms with van der Waals surface area (Å²) in [5.41, 5.74) is 1.70. The van der Waals surface area contributed by atoms with Crippen LogP contribution in [0.1, 0.15) is 15.9 Å². The predicted molar refractivity (Wildman–Crippen MR) is 63.1 cm³/mol. The molecule has 0 aliphatic carbocycles. The quantitative estimate of drug-likeness (QED) is 0.463. The average molecular weight is 355 g/mol. The van der Waals surface area contributed by atoms with Gasteiger partial charge in [-0.1, -0.05) is 15.9 Å². The van der Waals surface area contributed by atoms with E-state index < -0.39 is 0 Å². The summed E-state index contributed by atoms with van der Waals surface area (Å²) in [6.07, 6.45) is 0. The van der Waals surface area contributed by atoms with Gasteiger partial charge in [-0.05, 0) is 46.4 Å². The maximum absolute atomic E-state index is 11.2. The van der Waals surface area contributed by atoms with Crippen molar-refractivity contribution in [3.8, 4) is 0 Å². The maximum Gasteiger partial charge on any atom is 0.337 e. The van der Waals surface area contributed by atoms with Gasteiger partial charge >= 0.3 is 5.97 Å². The minimum atomic E-state index is -0.293. The Morgan fingerprint density at radius 1 is 1.62 bits per heavy atom. The van der Waals surface area contributed by atoms with Crippen molar-refractivity contribution in [2.24, 2.45) is 0 Å². The summed E-state index contributed by atoms with van der Waals surface area (Å²) in [6.45, 7) is 0. The molecule has 4 heteroatoms. The normalized spacial score (nSPS) is 9.77. The van der Waals surface area contributed by atoms with E-state index in [2.05, 4.69) is 43.3 Å². The lowest BCUT2D eigenvalue weighted by Crippen LogP contribution is -2.02. The lowest BCUT2D eigenvalue weighted by molar-refractivity contribution is 0.0600. The molecule has 0 saturated carbocycles. The molecular weight excluding hydrogens is 347 g/mol. The summed E-state index contributed by atoms with van der Waals surface area (Å²) in [6, 6.07) is 5.51. The van der Waals surface area contributed by atoms with Crippen LogP contribution in [0.4, 0.5) is 0 Å². The van der Waals surface area contributed by atoms with Crippen LogP contribution in [0.2, 0.25) is 0 Å². The van der Waals surface area contributed by atoms with Crippen LogP contribution >= 0.6 is 38.5 Å². The van der Waals surface area contributed by atoms with Gasteiger partial charge in [-0.3, -0.25) is 0 Å². The van der Waals surface area contributed by atoms with Crippen LogP contribution in [0.5, 0.6) is 0 Å². The first-order chi connectivity index (χ1) is 6.19. The van der Waals surface area contributed by atoms with Gasteiger partial charge in [0.05, 0.1) is 12.7 Å². The van der Waals surface area contributed by atoms with Gasteiger partial charge in [-0.15, -0.1) is 0 Å². The Balaban J connectivity index is 3.06. The van der Waals surface area contributed by atoms with Crippen LogP contribution in [0, 0.1) is 3.57 Å². The number of hydrogen-bond acceptors (Lipinski definition) is 2. The molecular formula is C9H8BrIO2. The van der Waals surface area contributed by atoms with E-state index in [0.29, 0.717) is 5.56 Å². The van der Waals surface area contributed by atoms with Gasteiger partial charge in [0.25, 0.3) is 0 Å². The van der Waals surface area contributed by atoms with Crippen LogP contribution in [0.25, 0.3) is 0 Å². The third kappa shape index (κ3) is 2.67. The molecule has 0 unspecified atom stereocenters. The minimum absolute atomic E-state index is 0.293. The second-order valence-electron chi connectivity index (χ2n) is 2.43. The largest absolute Gasteiger partial charge is 0.465 e. The SMILES string of the molecule is COC(=O)c1ccc(I)c(CBr)c1. The fourth-order valence-electron chi connectivity index (χ4n) is 0.922. The van der Waals surface area contributed by atoms with E-state index in [1.165, 1.54) is 7.11 Å². The summed E-state index contributed by atoms with van der Waals surface area (Å²) in [5.74, 6) is -0.293. The number of halogens is 2. The van der Waals surface area contributed by atoms with Crippen LogP contribution < -0.4 is 0 Å². The van der Waals surface area contributed by atoms with E-state index in [0.717, 1.165) is 14.5 Å². The summed E-state index contributed by atoms with van der Waals surface area (Å²) < 4.78 is 5.76. The number of hydrogen-bond donors (Lipinski definition) is 0. The molecule has 0 amide bonds. The van der Waals surface area contributed by atoms with Gasteiger partial charge in [0.1, 0.15) is 0 Å². The van der Waals surface area contributed by atoms with Crippen molar-refractivity contribution in [2.75, 3.05) is 7.11 Å². The van der Waals surface area contributed by atoms with E-state index >= 15 is 0 Å². The number of ether oxygens (including phenoxy) is 1. The van der Waals surface area contributed by atoms with Gasteiger partial charge in [0.15, 0.2) is 0 Å². The van der Waals surface area contributed by atoms with E-state index in [4.69, 9.17) is 0 Å². The number of alkyl halides is 1. The highest BCUT2D eigenvalue weighted by molar-refractivity contribution is 14.1. The Kier molecular flexibility index (Phi) is 4.18. The molecule has 0 N–H and O–H groups in total. The zero-order chi connectivity index (χ0) is 9.84. The molecule has 1 aromatic rings. The van der Waals surface area contributed by atoms with Crippen LogP contribution in [0.3, 0.4) is 0 Å². The summed E-state index contributed by atoms with van der Waals surface area (Å²) >= 11 is 5.59. The van der Waals surface area contributed by atoms with Crippen molar-refractivity contribution in [1.82, 2.24) is 0 Å². The van der Waals surface area contributed by atoms with E-state index in [9.17, 15) is 4.79 Å². The summed E-state index contributed by atoms with van der Waals surface area (Å²) in [4.78, 5) is 11.2. The number of benzene rings is 1. The molecule has 0 spiro atoms. The molecule has 0 aliphatic heterocycles. The molecule has 0 heterocycles. The Labute approximate surface area is 98.9 Å². The third-order valence-corrected chi connectivity index (χ3v) is 3.27. The van der Waals surface area contributed by atoms with Gasteiger partial charge in [0, 0.05) is 8.90 Å². The van der Waals surface area contributed by atoms with Crippen molar-refractivity contribution in [1.29, 1.82) is 0 Å². The highest BCUT2D eigenvalue weighted by Gasteiger charge is 2.07. The monoisotopic (exact) mass is 354 g/mol. The lowest BCUT2D eigenvalue weighted by Gasteiger charge is -2.03. The fourth-order valence-corrected chi connectivity index (χ4v) is 2.44. The first-order valence-corrected chi connectivity index (χ1v) is 5.81. The van der Waals surface area contributed by atoms with E-state index in [-0.39, 0.29) is 5.97 Å². The highest BCUT2D eigenvalue weighted by atomic mass is 127. The van der Waals surface area contributed by atoms with E-state index in [1.807, 2.05) is 12.1 Å².